The monoisotopic (exact) mass is 342 g/mol. The van der Waals surface area contributed by atoms with Crippen molar-refractivity contribution >= 4 is 37.6 Å². The lowest BCUT2D eigenvalue weighted by Crippen LogP contribution is -2.25. The molecule has 1 heterocycles. The molecule has 0 bridgehead atoms. The number of halogens is 2. The zero-order valence-corrected chi connectivity index (χ0v) is 12.3. The number of hydrogen-bond acceptors (Lipinski definition) is 4. The van der Waals surface area contributed by atoms with Crippen molar-refractivity contribution in [3.63, 3.8) is 0 Å². The van der Waals surface area contributed by atoms with E-state index in [0.29, 0.717) is 24.0 Å². The molecular formula is C9H12BrClN2O3S. The van der Waals surface area contributed by atoms with Gasteiger partial charge in [0.1, 0.15) is 10.0 Å². The minimum absolute atomic E-state index is 0.0752. The van der Waals surface area contributed by atoms with Gasteiger partial charge in [-0.25, -0.2) is 18.1 Å². The average Bonchev–Trinajstić information content (AvgIpc) is 2.28. The van der Waals surface area contributed by atoms with E-state index in [1.54, 1.807) is 7.11 Å². The molecule has 1 N–H and O–H groups in total. The summed E-state index contributed by atoms with van der Waals surface area (Å²) in [5, 5.41) is 0.225. The summed E-state index contributed by atoms with van der Waals surface area (Å²) in [4.78, 5) is 3.84. The predicted molar refractivity (Wildman–Crippen MR) is 68.6 cm³/mol. The van der Waals surface area contributed by atoms with E-state index in [0.717, 1.165) is 0 Å². The van der Waals surface area contributed by atoms with Gasteiger partial charge in [0.05, 0.1) is 4.47 Å². The van der Waals surface area contributed by atoms with Crippen molar-refractivity contribution in [2.24, 2.45) is 0 Å². The van der Waals surface area contributed by atoms with Crippen LogP contribution in [0, 0.1) is 0 Å². The van der Waals surface area contributed by atoms with Crippen LogP contribution in [0.4, 0.5) is 0 Å². The minimum atomic E-state index is -3.54. The van der Waals surface area contributed by atoms with Crippen molar-refractivity contribution in [2.45, 2.75) is 11.3 Å². The third kappa shape index (κ3) is 4.51. The molecule has 0 saturated carbocycles. The van der Waals surface area contributed by atoms with Gasteiger partial charge in [-0.3, -0.25) is 0 Å². The Bertz CT molecular complexity index is 481. The molecule has 0 spiro atoms. The fourth-order valence-corrected chi connectivity index (χ4v) is 2.71. The van der Waals surface area contributed by atoms with Crippen LogP contribution in [0.5, 0.6) is 0 Å². The molecule has 0 fully saturated rings. The highest BCUT2D eigenvalue weighted by Gasteiger charge is 2.15. The van der Waals surface area contributed by atoms with E-state index >= 15 is 0 Å². The van der Waals surface area contributed by atoms with Gasteiger partial charge < -0.3 is 4.74 Å². The third-order valence-electron chi connectivity index (χ3n) is 1.90. The molecule has 0 saturated heterocycles. The topological polar surface area (TPSA) is 68.3 Å². The van der Waals surface area contributed by atoms with E-state index in [9.17, 15) is 8.42 Å². The summed E-state index contributed by atoms with van der Waals surface area (Å²) in [6.07, 6.45) is 1.82. The van der Waals surface area contributed by atoms with Crippen LogP contribution < -0.4 is 4.72 Å². The Hall–Kier alpha value is -0.210. The second-order valence-corrected chi connectivity index (χ2v) is 6.17. The Morgan fingerprint density at radius 1 is 1.59 bits per heavy atom. The van der Waals surface area contributed by atoms with E-state index in [2.05, 4.69) is 25.6 Å². The van der Waals surface area contributed by atoms with Gasteiger partial charge in [0.25, 0.3) is 0 Å². The zero-order chi connectivity index (χ0) is 12.9. The van der Waals surface area contributed by atoms with Crippen LogP contribution >= 0.6 is 27.5 Å². The lowest BCUT2D eigenvalue weighted by molar-refractivity contribution is 0.196. The molecule has 8 heteroatoms. The van der Waals surface area contributed by atoms with Crippen molar-refractivity contribution in [3.8, 4) is 0 Å². The quantitative estimate of drug-likeness (QED) is 0.632. The summed E-state index contributed by atoms with van der Waals surface area (Å²) in [7, 11) is -1.97. The summed E-state index contributed by atoms with van der Waals surface area (Å²) in [5.74, 6) is 0. The van der Waals surface area contributed by atoms with E-state index < -0.39 is 10.0 Å². The molecule has 1 rings (SSSR count). The summed E-state index contributed by atoms with van der Waals surface area (Å²) >= 11 is 8.81. The largest absolute Gasteiger partial charge is 0.385 e. The molecule has 0 aromatic carbocycles. The molecule has 0 unspecified atom stereocenters. The number of pyridine rings is 1. The molecule has 0 aliphatic heterocycles. The van der Waals surface area contributed by atoms with Crippen molar-refractivity contribution in [3.05, 3.63) is 21.9 Å². The average molecular weight is 344 g/mol. The van der Waals surface area contributed by atoms with Crippen LogP contribution in [0.25, 0.3) is 0 Å². The first-order chi connectivity index (χ1) is 7.97. The maximum atomic E-state index is 11.8. The smallest absolute Gasteiger partial charge is 0.242 e. The summed E-state index contributed by atoms with van der Waals surface area (Å²) in [6.45, 7) is 0.821. The first kappa shape index (κ1) is 14.8. The summed E-state index contributed by atoms with van der Waals surface area (Å²) in [6, 6.07) is 1.41. The van der Waals surface area contributed by atoms with E-state index in [4.69, 9.17) is 16.3 Å². The maximum Gasteiger partial charge on any atom is 0.242 e. The number of ether oxygens (including phenoxy) is 1. The van der Waals surface area contributed by atoms with Gasteiger partial charge in [-0.05, 0) is 28.4 Å². The van der Waals surface area contributed by atoms with Gasteiger partial charge >= 0.3 is 0 Å². The molecule has 0 amide bonds. The first-order valence-corrected chi connectivity index (χ1v) is 7.42. The first-order valence-electron chi connectivity index (χ1n) is 4.77. The maximum absolute atomic E-state index is 11.8. The fraction of sp³-hybridized carbons (Fsp3) is 0.444. The van der Waals surface area contributed by atoms with E-state index in [1.807, 2.05) is 0 Å². The number of aromatic nitrogens is 1. The van der Waals surface area contributed by atoms with Crippen molar-refractivity contribution in [1.82, 2.24) is 9.71 Å². The minimum Gasteiger partial charge on any atom is -0.385 e. The number of sulfonamides is 1. The zero-order valence-electron chi connectivity index (χ0n) is 9.11. The number of nitrogens with one attached hydrogen (secondary N) is 1. The van der Waals surface area contributed by atoms with Crippen molar-refractivity contribution in [1.29, 1.82) is 0 Å². The van der Waals surface area contributed by atoms with Crippen molar-refractivity contribution in [2.75, 3.05) is 20.3 Å². The highest BCUT2D eigenvalue weighted by molar-refractivity contribution is 9.10. The van der Waals surface area contributed by atoms with Crippen molar-refractivity contribution < 1.29 is 13.2 Å². The predicted octanol–water partition coefficient (Wildman–Crippen LogP) is 1.81. The van der Waals surface area contributed by atoms with Crippen LogP contribution in [0.2, 0.25) is 5.15 Å². The lowest BCUT2D eigenvalue weighted by Gasteiger charge is -2.06. The van der Waals surface area contributed by atoms with E-state index in [1.165, 1.54) is 12.3 Å². The second kappa shape index (κ2) is 6.65. The van der Waals surface area contributed by atoms with Gasteiger partial charge in [-0.1, -0.05) is 11.6 Å². The Morgan fingerprint density at radius 2 is 2.29 bits per heavy atom. The standard InChI is InChI=1S/C9H12BrClN2O3S/c1-16-4-2-3-13-17(14,15)7-5-8(10)9(11)12-6-7/h5-6,13H,2-4H2,1H3. The van der Waals surface area contributed by atoms with Crippen LogP contribution in [-0.4, -0.2) is 33.7 Å². The normalized spacial score (nSPS) is 11.7. The molecule has 17 heavy (non-hydrogen) atoms. The number of nitrogens with zero attached hydrogens (tertiary/aromatic N) is 1. The molecule has 0 radical (unpaired) electrons. The number of hydrogen-bond donors (Lipinski definition) is 1. The van der Waals surface area contributed by atoms with Gasteiger partial charge in [-0.2, -0.15) is 0 Å². The molecule has 1 aromatic heterocycles. The molecule has 0 atom stereocenters. The summed E-state index contributed by atoms with van der Waals surface area (Å²) in [5.41, 5.74) is 0. The Labute approximate surface area is 114 Å². The molecule has 5 nitrogen and oxygen atoms in total. The van der Waals surface area contributed by atoms with E-state index in [-0.39, 0.29) is 10.0 Å². The Balaban J connectivity index is 2.72. The molecule has 0 aliphatic carbocycles. The number of rotatable bonds is 6. The highest BCUT2D eigenvalue weighted by Crippen LogP contribution is 2.22. The highest BCUT2D eigenvalue weighted by atomic mass is 79.9. The van der Waals surface area contributed by atoms with Crippen LogP contribution in [0.1, 0.15) is 6.42 Å². The summed E-state index contributed by atoms with van der Waals surface area (Å²) < 4.78 is 31.3. The van der Waals surface area contributed by atoms with Crippen LogP contribution in [0.15, 0.2) is 21.6 Å². The van der Waals surface area contributed by atoms with Crippen LogP contribution in [0.3, 0.4) is 0 Å². The fourth-order valence-electron chi connectivity index (χ4n) is 1.06. The Kier molecular flexibility index (Phi) is 5.81. The number of methoxy groups -OCH3 is 1. The van der Waals surface area contributed by atoms with Crippen LogP contribution in [-0.2, 0) is 14.8 Å². The van der Waals surface area contributed by atoms with Gasteiger partial charge in [0, 0.05) is 26.5 Å². The lowest BCUT2D eigenvalue weighted by atomic mass is 10.5. The molecule has 0 aliphatic rings. The Morgan fingerprint density at radius 3 is 2.88 bits per heavy atom. The molecule has 1 aromatic rings. The molecular weight excluding hydrogens is 332 g/mol. The SMILES string of the molecule is COCCCNS(=O)(=O)c1cnc(Cl)c(Br)c1. The van der Waals surface area contributed by atoms with Gasteiger partial charge in [0.15, 0.2) is 0 Å². The third-order valence-corrected chi connectivity index (χ3v) is 4.46. The molecule has 96 valence electrons. The van der Waals surface area contributed by atoms with Gasteiger partial charge in [0.2, 0.25) is 10.0 Å². The van der Waals surface area contributed by atoms with Gasteiger partial charge in [-0.15, -0.1) is 0 Å². The second-order valence-electron chi connectivity index (χ2n) is 3.19.